The van der Waals surface area contributed by atoms with Gasteiger partial charge >= 0.3 is 6.03 Å². The Balaban J connectivity index is 1.79. The molecule has 0 aliphatic heterocycles. The zero-order valence-corrected chi connectivity index (χ0v) is 16.6. The van der Waals surface area contributed by atoms with Crippen molar-refractivity contribution in [2.75, 3.05) is 25.9 Å². The lowest BCUT2D eigenvalue weighted by Crippen LogP contribution is -2.39. The van der Waals surface area contributed by atoms with Gasteiger partial charge in [-0.1, -0.05) is 29.3 Å². The normalized spacial score (nSPS) is 16.8. The molecule has 0 saturated heterocycles. The molecule has 0 spiro atoms. The van der Waals surface area contributed by atoms with Crippen molar-refractivity contribution in [3.05, 3.63) is 33.3 Å². The third-order valence-corrected chi connectivity index (χ3v) is 7.08. The van der Waals surface area contributed by atoms with Crippen molar-refractivity contribution in [1.82, 2.24) is 14.9 Å². The zero-order valence-electron chi connectivity index (χ0n) is 14.3. The molecule has 0 radical (unpaired) electrons. The first-order chi connectivity index (χ1) is 11.8. The van der Waals surface area contributed by atoms with E-state index in [-0.39, 0.29) is 17.8 Å². The van der Waals surface area contributed by atoms with Crippen molar-refractivity contribution in [2.45, 2.75) is 32.2 Å². The van der Waals surface area contributed by atoms with E-state index in [0.717, 1.165) is 24.0 Å². The fourth-order valence-electron chi connectivity index (χ4n) is 2.85. The molecule has 9 heteroatoms. The predicted molar refractivity (Wildman–Crippen MR) is 101 cm³/mol. The minimum absolute atomic E-state index is 0.0745. The van der Waals surface area contributed by atoms with Crippen LogP contribution in [0.4, 0.5) is 4.79 Å². The Morgan fingerprint density at radius 2 is 2.08 bits per heavy atom. The Morgan fingerprint density at radius 1 is 1.36 bits per heavy atom. The fourth-order valence-corrected chi connectivity index (χ4v) is 4.15. The fraction of sp³-hybridized carbons (Fsp3) is 0.562. The molecule has 0 saturated carbocycles. The Bertz CT molecular complexity index is 740. The van der Waals surface area contributed by atoms with E-state index >= 15 is 0 Å². The molecular weight excluding hydrogens is 385 g/mol. The summed E-state index contributed by atoms with van der Waals surface area (Å²) in [6, 6.07) is 3.27. The van der Waals surface area contributed by atoms with E-state index in [9.17, 15) is 13.2 Å². The van der Waals surface area contributed by atoms with E-state index in [1.165, 1.54) is 4.31 Å². The summed E-state index contributed by atoms with van der Waals surface area (Å²) < 4.78 is 24.6. The summed E-state index contributed by atoms with van der Waals surface area (Å²) in [5.74, 6) is 0.0745. The molecule has 0 bridgehead atoms. The van der Waals surface area contributed by atoms with Gasteiger partial charge in [0, 0.05) is 20.1 Å². The highest BCUT2D eigenvalue weighted by Gasteiger charge is 2.26. The molecule has 25 heavy (non-hydrogen) atoms. The second-order valence-electron chi connectivity index (χ2n) is 6.00. The molecule has 1 aromatic carbocycles. The van der Waals surface area contributed by atoms with Crippen molar-refractivity contribution in [2.24, 2.45) is 0 Å². The maximum atomic E-state index is 12.0. The number of fused-ring (bicyclic) bond motifs is 1. The molecule has 2 N–H and O–H groups in total. The van der Waals surface area contributed by atoms with Crippen LogP contribution in [0.3, 0.4) is 0 Å². The highest BCUT2D eigenvalue weighted by atomic mass is 35.5. The lowest BCUT2D eigenvalue weighted by atomic mass is 10.1. The third kappa shape index (κ3) is 5.00. The molecule has 2 rings (SSSR count). The summed E-state index contributed by atoms with van der Waals surface area (Å²) in [6.45, 7) is 2.38. The molecule has 0 heterocycles. The average molecular weight is 408 g/mol. The van der Waals surface area contributed by atoms with Crippen LogP contribution >= 0.6 is 23.2 Å². The molecule has 1 aliphatic rings. The van der Waals surface area contributed by atoms with Crippen molar-refractivity contribution in [3.8, 4) is 0 Å². The minimum atomic E-state index is -3.18. The lowest BCUT2D eigenvalue weighted by molar-refractivity contribution is 0.236. The Kier molecular flexibility index (Phi) is 6.96. The van der Waals surface area contributed by atoms with Crippen LogP contribution in [-0.4, -0.2) is 44.6 Å². The number of hydrogen-bond donors (Lipinski definition) is 2. The summed E-state index contributed by atoms with van der Waals surface area (Å²) >= 11 is 12.2. The van der Waals surface area contributed by atoms with E-state index < -0.39 is 10.0 Å². The molecular formula is C16H23Cl2N3O3S. The number of benzene rings is 1. The van der Waals surface area contributed by atoms with Gasteiger partial charge in [0.1, 0.15) is 0 Å². The number of rotatable bonds is 7. The van der Waals surface area contributed by atoms with Gasteiger partial charge in [-0.15, -0.1) is 0 Å². The highest BCUT2D eigenvalue weighted by molar-refractivity contribution is 7.89. The molecule has 140 valence electrons. The van der Waals surface area contributed by atoms with Gasteiger partial charge in [0.05, 0.1) is 21.8 Å². The van der Waals surface area contributed by atoms with E-state index in [0.29, 0.717) is 29.6 Å². The Morgan fingerprint density at radius 3 is 2.76 bits per heavy atom. The summed E-state index contributed by atoms with van der Waals surface area (Å²) in [5, 5.41) is 6.77. The van der Waals surface area contributed by atoms with Crippen LogP contribution in [-0.2, 0) is 16.4 Å². The first-order valence-electron chi connectivity index (χ1n) is 8.21. The smallest absolute Gasteiger partial charge is 0.315 e. The summed E-state index contributed by atoms with van der Waals surface area (Å²) in [6.07, 6.45) is 2.10. The van der Waals surface area contributed by atoms with Gasteiger partial charge in [-0.3, -0.25) is 0 Å². The number of nitrogens with zero attached hydrogens (tertiary/aromatic N) is 1. The number of carbonyl (C=O) groups excluding carboxylic acids is 1. The van der Waals surface area contributed by atoms with Crippen LogP contribution in [0.1, 0.15) is 36.9 Å². The second kappa shape index (κ2) is 8.58. The largest absolute Gasteiger partial charge is 0.338 e. The average Bonchev–Trinajstić information content (AvgIpc) is 2.98. The molecule has 0 fully saturated rings. The Hall–Kier alpha value is -1.02. The van der Waals surface area contributed by atoms with Gasteiger partial charge in [-0.25, -0.2) is 17.5 Å². The van der Waals surface area contributed by atoms with Crippen molar-refractivity contribution >= 4 is 39.3 Å². The monoisotopic (exact) mass is 407 g/mol. The van der Waals surface area contributed by atoms with E-state index in [4.69, 9.17) is 23.2 Å². The molecule has 1 aromatic rings. The third-order valence-electron chi connectivity index (χ3n) is 4.37. The van der Waals surface area contributed by atoms with Crippen molar-refractivity contribution in [3.63, 3.8) is 0 Å². The van der Waals surface area contributed by atoms with Crippen molar-refractivity contribution < 1.29 is 13.2 Å². The van der Waals surface area contributed by atoms with Crippen LogP contribution in [0.2, 0.25) is 10.0 Å². The number of urea groups is 1. The van der Waals surface area contributed by atoms with E-state index in [1.54, 1.807) is 20.0 Å². The van der Waals surface area contributed by atoms with Crippen LogP contribution < -0.4 is 10.6 Å². The zero-order chi connectivity index (χ0) is 18.6. The summed E-state index contributed by atoms with van der Waals surface area (Å²) in [5.41, 5.74) is 1.99. The molecule has 0 aromatic heterocycles. The van der Waals surface area contributed by atoms with Gasteiger partial charge in [-0.05, 0) is 43.4 Å². The predicted octanol–water partition coefficient (Wildman–Crippen LogP) is 2.95. The van der Waals surface area contributed by atoms with E-state index in [2.05, 4.69) is 10.6 Å². The number of sulfonamides is 1. The quantitative estimate of drug-likeness (QED) is 0.681. The van der Waals surface area contributed by atoms with Gasteiger partial charge < -0.3 is 10.6 Å². The SMILES string of the molecule is CCS(=O)(=O)N(C)CCCNC(=O)NC1CCc2c1ccc(Cl)c2Cl. The number of carbonyl (C=O) groups is 1. The van der Waals surface area contributed by atoms with Crippen LogP contribution in [0.15, 0.2) is 12.1 Å². The highest BCUT2D eigenvalue weighted by Crippen LogP contribution is 2.38. The number of halogens is 2. The van der Waals surface area contributed by atoms with Gasteiger partial charge in [0.2, 0.25) is 10.0 Å². The van der Waals surface area contributed by atoms with Crippen LogP contribution in [0.25, 0.3) is 0 Å². The second-order valence-corrected chi connectivity index (χ2v) is 9.15. The topological polar surface area (TPSA) is 78.5 Å². The first kappa shape index (κ1) is 20.3. The Labute approximate surface area is 158 Å². The van der Waals surface area contributed by atoms with Gasteiger partial charge in [0.25, 0.3) is 0 Å². The minimum Gasteiger partial charge on any atom is -0.338 e. The van der Waals surface area contributed by atoms with E-state index in [1.807, 2.05) is 6.07 Å². The molecule has 1 aliphatic carbocycles. The van der Waals surface area contributed by atoms with Crippen LogP contribution in [0, 0.1) is 0 Å². The lowest BCUT2D eigenvalue weighted by Gasteiger charge is -2.17. The first-order valence-corrected chi connectivity index (χ1v) is 10.6. The standard InChI is InChI=1S/C16H23Cl2N3O3S/c1-3-25(23,24)21(2)10-4-9-19-16(22)20-14-8-6-12-11(14)5-7-13(17)15(12)18/h5,7,14H,3-4,6,8-10H2,1-2H3,(H2,19,20,22). The van der Waals surface area contributed by atoms with Gasteiger partial charge in [0.15, 0.2) is 0 Å². The maximum Gasteiger partial charge on any atom is 0.315 e. The molecule has 1 unspecified atom stereocenters. The van der Waals surface area contributed by atoms with Crippen LogP contribution in [0.5, 0.6) is 0 Å². The summed E-state index contributed by atoms with van der Waals surface area (Å²) in [4.78, 5) is 12.0. The number of hydrogen-bond acceptors (Lipinski definition) is 3. The number of nitrogens with one attached hydrogen (secondary N) is 2. The maximum absolute atomic E-state index is 12.0. The molecule has 6 nitrogen and oxygen atoms in total. The van der Waals surface area contributed by atoms with Gasteiger partial charge in [-0.2, -0.15) is 0 Å². The van der Waals surface area contributed by atoms with Crippen molar-refractivity contribution in [1.29, 1.82) is 0 Å². The summed E-state index contributed by atoms with van der Waals surface area (Å²) in [7, 11) is -1.63. The number of amides is 2. The molecule has 1 atom stereocenters. The molecule has 2 amide bonds.